The van der Waals surface area contributed by atoms with Gasteiger partial charge in [0.15, 0.2) is 0 Å². The fraction of sp³-hybridized carbons (Fsp3) is 0.0833. The highest BCUT2D eigenvalue weighted by molar-refractivity contribution is 6.06. The number of benzene rings is 1. The first-order chi connectivity index (χ1) is 8.59. The molecule has 0 bridgehead atoms. The van der Waals surface area contributed by atoms with Crippen molar-refractivity contribution < 1.29 is 14.7 Å². The van der Waals surface area contributed by atoms with Crippen LogP contribution in [0.15, 0.2) is 36.5 Å². The molecule has 1 aromatic carbocycles. The summed E-state index contributed by atoms with van der Waals surface area (Å²) >= 11 is 0. The summed E-state index contributed by atoms with van der Waals surface area (Å²) in [6.45, 7) is 0. The lowest BCUT2D eigenvalue weighted by Crippen LogP contribution is -2.16. The molecule has 1 amide bonds. The summed E-state index contributed by atoms with van der Waals surface area (Å²) in [5.74, 6) is -1.34. The molecule has 0 saturated heterocycles. The number of amides is 1. The second kappa shape index (κ2) is 4.70. The Bertz CT molecular complexity index is 590. The lowest BCUT2D eigenvalue weighted by molar-refractivity contribution is 0.0698. The summed E-state index contributed by atoms with van der Waals surface area (Å²) in [6, 6.07) is 8.55. The van der Waals surface area contributed by atoms with E-state index in [1.807, 2.05) is 0 Å². The van der Waals surface area contributed by atoms with E-state index in [0.717, 1.165) is 0 Å². The highest BCUT2D eigenvalue weighted by atomic mass is 16.4. The average molecular weight is 245 g/mol. The van der Waals surface area contributed by atoms with E-state index in [2.05, 4.69) is 10.4 Å². The molecule has 2 aromatic rings. The summed E-state index contributed by atoms with van der Waals surface area (Å²) in [5.41, 5.74) is 0.414. The van der Waals surface area contributed by atoms with E-state index < -0.39 is 5.97 Å². The van der Waals surface area contributed by atoms with E-state index in [1.54, 1.807) is 37.4 Å². The van der Waals surface area contributed by atoms with Gasteiger partial charge in [0.2, 0.25) is 0 Å². The van der Waals surface area contributed by atoms with Crippen LogP contribution in [0, 0.1) is 0 Å². The number of anilines is 1. The van der Waals surface area contributed by atoms with Gasteiger partial charge in [-0.3, -0.25) is 9.48 Å². The molecule has 18 heavy (non-hydrogen) atoms. The minimum absolute atomic E-state index is 0.0400. The van der Waals surface area contributed by atoms with Crippen molar-refractivity contribution in [3.8, 4) is 0 Å². The summed E-state index contributed by atoms with van der Waals surface area (Å²) in [7, 11) is 1.56. The Hall–Kier alpha value is -2.63. The van der Waals surface area contributed by atoms with Gasteiger partial charge in [-0.15, -0.1) is 0 Å². The van der Waals surface area contributed by atoms with E-state index in [9.17, 15) is 9.59 Å². The summed E-state index contributed by atoms with van der Waals surface area (Å²) < 4.78 is 1.31. The van der Waals surface area contributed by atoms with Crippen LogP contribution in [0.1, 0.15) is 20.7 Å². The van der Waals surface area contributed by atoms with Crippen LogP contribution in [0.4, 0.5) is 5.82 Å². The molecule has 0 aliphatic rings. The maximum atomic E-state index is 11.9. The van der Waals surface area contributed by atoms with Gasteiger partial charge < -0.3 is 10.4 Å². The van der Waals surface area contributed by atoms with Crippen molar-refractivity contribution in [1.82, 2.24) is 9.78 Å². The molecule has 6 nitrogen and oxygen atoms in total. The standard InChI is InChI=1S/C12H11N3O3/c1-15-10(9(7-13-15)12(17)18)14-11(16)8-5-3-2-4-6-8/h2-7H,1H3,(H,14,16)(H,17,18). The lowest BCUT2D eigenvalue weighted by Gasteiger charge is -2.06. The summed E-state index contributed by atoms with van der Waals surface area (Å²) in [6.07, 6.45) is 1.20. The predicted octanol–water partition coefficient (Wildman–Crippen LogP) is 1.37. The number of aryl methyl sites for hydroxylation is 1. The molecule has 1 heterocycles. The van der Waals surface area contributed by atoms with E-state index in [0.29, 0.717) is 5.56 Å². The third kappa shape index (κ3) is 2.22. The number of aromatic carboxylic acids is 1. The fourth-order valence-electron chi connectivity index (χ4n) is 1.51. The van der Waals surface area contributed by atoms with E-state index in [1.165, 1.54) is 10.9 Å². The molecular formula is C12H11N3O3. The number of aromatic nitrogens is 2. The van der Waals surface area contributed by atoms with Crippen LogP contribution in [-0.2, 0) is 7.05 Å². The first-order valence-corrected chi connectivity index (χ1v) is 5.21. The van der Waals surface area contributed by atoms with Crippen molar-refractivity contribution in [3.63, 3.8) is 0 Å². The Labute approximate surface area is 103 Å². The number of hydrogen-bond donors (Lipinski definition) is 2. The molecule has 0 radical (unpaired) electrons. The highest BCUT2D eigenvalue weighted by Crippen LogP contribution is 2.15. The molecule has 0 aliphatic carbocycles. The Morgan fingerprint density at radius 2 is 1.94 bits per heavy atom. The zero-order chi connectivity index (χ0) is 13.1. The monoisotopic (exact) mass is 245 g/mol. The number of nitrogens with one attached hydrogen (secondary N) is 1. The minimum atomic E-state index is -1.13. The Kier molecular flexibility index (Phi) is 3.09. The van der Waals surface area contributed by atoms with Crippen molar-refractivity contribution in [2.45, 2.75) is 0 Å². The molecule has 1 aromatic heterocycles. The first-order valence-electron chi connectivity index (χ1n) is 5.21. The number of nitrogens with zero attached hydrogens (tertiary/aromatic N) is 2. The number of rotatable bonds is 3. The third-order valence-corrected chi connectivity index (χ3v) is 2.44. The van der Waals surface area contributed by atoms with Gasteiger partial charge in [-0.1, -0.05) is 18.2 Å². The molecule has 92 valence electrons. The van der Waals surface area contributed by atoms with Gasteiger partial charge in [0.1, 0.15) is 11.4 Å². The van der Waals surface area contributed by atoms with Crippen LogP contribution >= 0.6 is 0 Å². The van der Waals surface area contributed by atoms with Crippen LogP contribution < -0.4 is 5.32 Å². The van der Waals surface area contributed by atoms with Crippen molar-refractivity contribution in [2.24, 2.45) is 7.05 Å². The Morgan fingerprint density at radius 1 is 1.28 bits per heavy atom. The maximum Gasteiger partial charge on any atom is 0.341 e. The van der Waals surface area contributed by atoms with Gasteiger partial charge in [-0.2, -0.15) is 5.10 Å². The van der Waals surface area contributed by atoms with Crippen molar-refractivity contribution in [1.29, 1.82) is 0 Å². The van der Waals surface area contributed by atoms with Gasteiger partial charge in [0.25, 0.3) is 5.91 Å². The van der Waals surface area contributed by atoms with Crippen molar-refractivity contribution in [3.05, 3.63) is 47.7 Å². The van der Waals surface area contributed by atoms with Crippen LogP contribution in [0.2, 0.25) is 0 Å². The van der Waals surface area contributed by atoms with Crippen molar-refractivity contribution in [2.75, 3.05) is 5.32 Å². The van der Waals surface area contributed by atoms with E-state index in [4.69, 9.17) is 5.11 Å². The van der Waals surface area contributed by atoms with E-state index in [-0.39, 0.29) is 17.3 Å². The highest BCUT2D eigenvalue weighted by Gasteiger charge is 2.17. The topological polar surface area (TPSA) is 84.2 Å². The lowest BCUT2D eigenvalue weighted by atomic mass is 10.2. The van der Waals surface area contributed by atoms with Crippen LogP contribution in [0.25, 0.3) is 0 Å². The summed E-state index contributed by atoms with van der Waals surface area (Å²) in [4.78, 5) is 22.8. The third-order valence-electron chi connectivity index (χ3n) is 2.44. The van der Waals surface area contributed by atoms with E-state index >= 15 is 0 Å². The molecule has 0 spiro atoms. The zero-order valence-electron chi connectivity index (χ0n) is 9.62. The molecule has 2 N–H and O–H groups in total. The SMILES string of the molecule is Cn1ncc(C(=O)O)c1NC(=O)c1ccccc1. The molecule has 0 atom stereocenters. The average Bonchev–Trinajstić information content (AvgIpc) is 2.72. The normalized spacial score (nSPS) is 10.1. The number of hydrogen-bond acceptors (Lipinski definition) is 3. The molecule has 6 heteroatoms. The van der Waals surface area contributed by atoms with Gasteiger partial charge in [0.05, 0.1) is 6.20 Å². The number of carbonyl (C=O) groups excluding carboxylic acids is 1. The van der Waals surface area contributed by atoms with Crippen LogP contribution in [0.5, 0.6) is 0 Å². The van der Waals surface area contributed by atoms with Gasteiger partial charge in [-0.25, -0.2) is 4.79 Å². The molecule has 0 fully saturated rings. The molecule has 2 rings (SSSR count). The molecular weight excluding hydrogens is 234 g/mol. The van der Waals surface area contributed by atoms with Crippen LogP contribution in [-0.4, -0.2) is 26.8 Å². The summed E-state index contributed by atoms with van der Waals surface area (Å²) in [5, 5.41) is 15.3. The largest absolute Gasteiger partial charge is 0.477 e. The van der Waals surface area contributed by atoms with Crippen molar-refractivity contribution >= 4 is 17.7 Å². The number of carbonyl (C=O) groups is 2. The fourth-order valence-corrected chi connectivity index (χ4v) is 1.51. The second-order valence-corrected chi connectivity index (χ2v) is 3.66. The quantitative estimate of drug-likeness (QED) is 0.855. The Morgan fingerprint density at radius 3 is 2.56 bits per heavy atom. The molecule has 0 unspecified atom stereocenters. The number of carboxylic acids is 1. The van der Waals surface area contributed by atoms with Gasteiger partial charge in [-0.05, 0) is 12.1 Å². The van der Waals surface area contributed by atoms with Gasteiger partial charge >= 0.3 is 5.97 Å². The maximum absolute atomic E-state index is 11.9. The smallest absolute Gasteiger partial charge is 0.341 e. The van der Waals surface area contributed by atoms with Crippen LogP contribution in [0.3, 0.4) is 0 Å². The minimum Gasteiger partial charge on any atom is -0.477 e. The Balaban J connectivity index is 2.27. The second-order valence-electron chi connectivity index (χ2n) is 3.66. The molecule has 0 saturated carbocycles. The first kappa shape index (κ1) is 11.8. The number of carboxylic acid groups (broad SMARTS) is 1. The predicted molar refractivity (Wildman–Crippen MR) is 64.6 cm³/mol. The zero-order valence-corrected chi connectivity index (χ0v) is 9.62. The molecule has 0 aliphatic heterocycles. The van der Waals surface area contributed by atoms with Gasteiger partial charge in [0, 0.05) is 12.6 Å².